The maximum absolute atomic E-state index is 13.9. The smallest absolute Gasteiger partial charge is 0.322 e. The number of carbonyl (C=O) groups is 2. The Balaban J connectivity index is 1.70. The van der Waals surface area contributed by atoms with E-state index in [0.29, 0.717) is 11.4 Å². The van der Waals surface area contributed by atoms with E-state index in [4.69, 9.17) is 0 Å². The molecule has 0 spiro atoms. The summed E-state index contributed by atoms with van der Waals surface area (Å²) in [6.07, 6.45) is 1.61. The van der Waals surface area contributed by atoms with Crippen molar-refractivity contribution in [3.8, 4) is 0 Å². The summed E-state index contributed by atoms with van der Waals surface area (Å²) in [5.74, 6) is -1.87. The van der Waals surface area contributed by atoms with Crippen LogP contribution in [0.2, 0.25) is 0 Å². The summed E-state index contributed by atoms with van der Waals surface area (Å²) < 4.78 is 26.9. The van der Waals surface area contributed by atoms with Crippen LogP contribution in [0.3, 0.4) is 0 Å². The minimum Gasteiger partial charge on any atom is -0.348 e. The Kier molecular flexibility index (Phi) is 4.83. The van der Waals surface area contributed by atoms with Gasteiger partial charge in [-0.2, -0.15) is 0 Å². The molecule has 0 radical (unpaired) electrons. The molecule has 2 heterocycles. The minimum absolute atomic E-state index is 0.169. The van der Waals surface area contributed by atoms with Crippen molar-refractivity contribution in [2.45, 2.75) is 32.5 Å². The lowest BCUT2D eigenvalue weighted by molar-refractivity contribution is -0.125. The summed E-state index contributed by atoms with van der Waals surface area (Å²) in [4.78, 5) is 30.3. The average Bonchev–Trinajstić information content (AvgIpc) is 2.60. The fourth-order valence-corrected chi connectivity index (χ4v) is 2.82. The van der Waals surface area contributed by atoms with Gasteiger partial charge in [0.05, 0.1) is 24.0 Å². The van der Waals surface area contributed by atoms with Crippen molar-refractivity contribution >= 4 is 17.6 Å². The first kappa shape index (κ1) is 17.8. The zero-order valence-electron chi connectivity index (χ0n) is 14.3. The van der Waals surface area contributed by atoms with E-state index in [1.807, 2.05) is 0 Å². The molecular formula is C18H18F2N4O2. The second-order valence-electron chi connectivity index (χ2n) is 6.13. The molecule has 136 valence electrons. The van der Waals surface area contributed by atoms with Crippen molar-refractivity contribution < 1.29 is 18.4 Å². The van der Waals surface area contributed by atoms with Gasteiger partial charge in [-0.15, -0.1) is 0 Å². The summed E-state index contributed by atoms with van der Waals surface area (Å²) in [6.45, 7) is 3.36. The normalized spacial score (nSPS) is 15.7. The zero-order valence-corrected chi connectivity index (χ0v) is 14.3. The van der Waals surface area contributed by atoms with E-state index in [0.717, 1.165) is 12.1 Å². The maximum Gasteiger partial charge on any atom is 0.322 e. The van der Waals surface area contributed by atoms with Gasteiger partial charge in [-0.1, -0.05) is 6.07 Å². The zero-order chi connectivity index (χ0) is 18.8. The third-order valence-electron chi connectivity index (χ3n) is 4.35. The molecule has 0 saturated carbocycles. The molecule has 3 rings (SSSR count). The number of nitrogens with zero attached hydrogens (tertiary/aromatic N) is 2. The van der Waals surface area contributed by atoms with Crippen LogP contribution < -0.4 is 10.6 Å². The van der Waals surface area contributed by atoms with Gasteiger partial charge in [0, 0.05) is 17.8 Å². The number of amides is 3. The summed E-state index contributed by atoms with van der Waals surface area (Å²) in [5, 5.41) is 5.34. The standard InChI is InChI=1S/C18H18F2N4O2/c1-10(13-6-5-12(19)8-14(13)20)22-17(25)11(2)24-9-16-15(23-18(24)26)4-3-7-21-16/h3-8,10-11H,9H2,1-2H3,(H,22,25)(H,23,26)/t10-,11-/m0/s1. The number of carbonyl (C=O) groups excluding carboxylic acids is 2. The van der Waals surface area contributed by atoms with Crippen molar-refractivity contribution in [3.05, 3.63) is 59.4 Å². The van der Waals surface area contributed by atoms with Crippen LogP contribution in [0.4, 0.5) is 19.3 Å². The molecular weight excluding hydrogens is 342 g/mol. The third kappa shape index (κ3) is 3.49. The number of hydrogen-bond donors (Lipinski definition) is 2. The molecule has 0 saturated heterocycles. The first-order valence-electron chi connectivity index (χ1n) is 8.13. The monoisotopic (exact) mass is 360 g/mol. The lowest BCUT2D eigenvalue weighted by Crippen LogP contribution is -2.51. The van der Waals surface area contributed by atoms with E-state index in [2.05, 4.69) is 15.6 Å². The highest BCUT2D eigenvalue weighted by atomic mass is 19.1. The highest BCUT2D eigenvalue weighted by Crippen LogP contribution is 2.23. The number of benzene rings is 1. The SMILES string of the molecule is C[C@H](NC(=O)[C@H](C)N1Cc2ncccc2NC1=O)c1ccc(F)cc1F. The maximum atomic E-state index is 13.9. The number of anilines is 1. The summed E-state index contributed by atoms with van der Waals surface area (Å²) in [7, 11) is 0. The van der Waals surface area contributed by atoms with Crippen molar-refractivity contribution in [1.29, 1.82) is 0 Å². The fraction of sp³-hybridized carbons (Fsp3) is 0.278. The molecule has 2 aromatic rings. The van der Waals surface area contributed by atoms with Gasteiger partial charge in [-0.05, 0) is 32.0 Å². The number of fused-ring (bicyclic) bond motifs is 1. The van der Waals surface area contributed by atoms with Crippen molar-refractivity contribution in [2.75, 3.05) is 5.32 Å². The summed E-state index contributed by atoms with van der Waals surface area (Å²) in [6, 6.07) is 4.75. The van der Waals surface area contributed by atoms with Gasteiger partial charge in [0.25, 0.3) is 0 Å². The molecule has 2 atom stereocenters. The van der Waals surface area contributed by atoms with Gasteiger partial charge < -0.3 is 15.5 Å². The Morgan fingerprint density at radius 1 is 1.31 bits per heavy atom. The highest BCUT2D eigenvalue weighted by molar-refractivity contribution is 5.95. The second kappa shape index (κ2) is 7.07. The van der Waals surface area contributed by atoms with Gasteiger partial charge in [0.1, 0.15) is 17.7 Å². The number of urea groups is 1. The van der Waals surface area contributed by atoms with Gasteiger partial charge in [0.15, 0.2) is 0 Å². The Hall–Kier alpha value is -3.03. The predicted octanol–water partition coefficient (Wildman–Crippen LogP) is 2.97. The first-order valence-corrected chi connectivity index (χ1v) is 8.13. The molecule has 2 N–H and O–H groups in total. The van der Waals surface area contributed by atoms with Crippen LogP contribution in [0, 0.1) is 11.6 Å². The first-order chi connectivity index (χ1) is 12.4. The van der Waals surface area contributed by atoms with Gasteiger partial charge >= 0.3 is 6.03 Å². The number of hydrogen-bond acceptors (Lipinski definition) is 3. The van der Waals surface area contributed by atoms with E-state index < -0.39 is 35.7 Å². The highest BCUT2D eigenvalue weighted by Gasteiger charge is 2.31. The molecule has 1 aliphatic heterocycles. The van der Waals surface area contributed by atoms with E-state index in [1.54, 1.807) is 32.2 Å². The Morgan fingerprint density at radius 3 is 2.81 bits per heavy atom. The van der Waals surface area contributed by atoms with Gasteiger partial charge in [-0.3, -0.25) is 9.78 Å². The van der Waals surface area contributed by atoms with Crippen LogP contribution in [0.25, 0.3) is 0 Å². The van der Waals surface area contributed by atoms with E-state index in [-0.39, 0.29) is 12.1 Å². The van der Waals surface area contributed by atoms with Crippen LogP contribution in [0.15, 0.2) is 36.5 Å². The van der Waals surface area contributed by atoms with Crippen LogP contribution in [0.1, 0.15) is 31.1 Å². The molecule has 0 unspecified atom stereocenters. The molecule has 0 bridgehead atoms. The number of rotatable bonds is 4. The van der Waals surface area contributed by atoms with Crippen LogP contribution in [-0.4, -0.2) is 27.9 Å². The lowest BCUT2D eigenvalue weighted by atomic mass is 10.1. The molecule has 1 aliphatic rings. The summed E-state index contributed by atoms with van der Waals surface area (Å²) in [5.41, 5.74) is 1.44. The number of aromatic nitrogens is 1. The van der Waals surface area contributed by atoms with E-state index in [1.165, 1.54) is 11.0 Å². The largest absolute Gasteiger partial charge is 0.348 e. The molecule has 6 nitrogen and oxygen atoms in total. The molecule has 8 heteroatoms. The second-order valence-corrected chi connectivity index (χ2v) is 6.13. The molecule has 3 amide bonds. The molecule has 1 aromatic heterocycles. The van der Waals surface area contributed by atoms with Crippen molar-refractivity contribution in [2.24, 2.45) is 0 Å². The summed E-state index contributed by atoms with van der Waals surface area (Å²) >= 11 is 0. The van der Waals surface area contributed by atoms with Crippen LogP contribution in [-0.2, 0) is 11.3 Å². The lowest BCUT2D eigenvalue weighted by Gasteiger charge is -2.33. The van der Waals surface area contributed by atoms with Crippen LogP contribution >= 0.6 is 0 Å². The molecule has 0 fully saturated rings. The fourth-order valence-electron chi connectivity index (χ4n) is 2.82. The van der Waals surface area contributed by atoms with Crippen molar-refractivity contribution in [1.82, 2.24) is 15.2 Å². The molecule has 26 heavy (non-hydrogen) atoms. The van der Waals surface area contributed by atoms with Gasteiger partial charge in [-0.25, -0.2) is 13.6 Å². The van der Waals surface area contributed by atoms with Crippen molar-refractivity contribution in [3.63, 3.8) is 0 Å². The number of nitrogens with one attached hydrogen (secondary N) is 2. The van der Waals surface area contributed by atoms with E-state index >= 15 is 0 Å². The number of pyridine rings is 1. The predicted molar refractivity (Wildman–Crippen MR) is 91.2 cm³/mol. The Bertz CT molecular complexity index is 859. The molecule has 0 aliphatic carbocycles. The number of halogens is 2. The topological polar surface area (TPSA) is 74.3 Å². The Morgan fingerprint density at radius 2 is 2.08 bits per heavy atom. The minimum atomic E-state index is -0.795. The third-order valence-corrected chi connectivity index (χ3v) is 4.35. The van der Waals surface area contributed by atoms with Gasteiger partial charge in [0.2, 0.25) is 5.91 Å². The van der Waals surface area contributed by atoms with Crippen LogP contribution in [0.5, 0.6) is 0 Å². The Labute approximate surface area is 149 Å². The quantitative estimate of drug-likeness (QED) is 0.880. The van der Waals surface area contributed by atoms with E-state index in [9.17, 15) is 18.4 Å². The molecule has 1 aromatic carbocycles. The average molecular weight is 360 g/mol.